The van der Waals surface area contributed by atoms with Gasteiger partial charge in [-0.3, -0.25) is 0 Å². The summed E-state index contributed by atoms with van der Waals surface area (Å²) in [6.45, 7) is 0. The molecule has 8 aromatic carbocycles. The first-order chi connectivity index (χ1) is 17.8. The maximum atomic E-state index is 2.43. The zero-order chi connectivity index (χ0) is 23.4. The van der Waals surface area contributed by atoms with Gasteiger partial charge in [-0.05, 0) is 118 Å². The maximum absolute atomic E-state index is 2.43. The summed E-state index contributed by atoms with van der Waals surface area (Å²) in [6.07, 6.45) is 0. The fourth-order valence-electron chi connectivity index (χ4n) is 6.66. The normalized spacial score (nSPS) is 12.4. The summed E-state index contributed by atoms with van der Waals surface area (Å²) in [6, 6.07) is 45.3. The van der Waals surface area contributed by atoms with Crippen molar-refractivity contribution in [2.24, 2.45) is 0 Å². The van der Waals surface area contributed by atoms with Crippen LogP contribution in [0.25, 0.3) is 87.2 Å². The summed E-state index contributed by atoms with van der Waals surface area (Å²) < 4.78 is 0. The summed E-state index contributed by atoms with van der Waals surface area (Å²) in [5, 5.41) is 13.4. The summed E-state index contributed by atoms with van der Waals surface area (Å²) in [7, 11) is 0. The van der Waals surface area contributed by atoms with Gasteiger partial charge in [-0.1, -0.05) is 91.0 Å². The van der Waals surface area contributed by atoms with Crippen LogP contribution in [0.1, 0.15) is 0 Å². The van der Waals surface area contributed by atoms with E-state index in [1.807, 2.05) is 0 Å². The van der Waals surface area contributed by atoms with Crippen LogP contribution in [0.2, 0.25) is 0 Å². The van der Waals surface area contributed by atoms with E-state index in [9.17, 15) is 0 Å². The van der Waals surface area contributed by atoms with Gasteiger partial charge >= 0.3 is 0 Å². The molecule has 0 unspecified atom stereocenters. The van der Waals surface area contributed by atoms with Gasteiger partial charge in [0.05, 0.1) is 0 Å². The third-order valence-corrected chi connectivity index (χ3v) is 8.27. The first kappa shape index (κ1) is 18.6. The highest BCUT2D eigenvalue weighted by atomic mass is 14.3. The fourth-order valence-corrected chi connectivity index (χ4v) is 6.66. The van der Waals surface area contributed by atoms with Gasteiger partial charge in [0, 0.05) is 0 Å². The zero-order valence-electron chi connectivity index (χ0n) is 19.5. The van der Waals surface area contributed by atoms with Crippen molar-refractivity contribution in [3.05, 3.63) is 121 Å². The highest BCUT2D eigenvalue weighted by molar-refractivity contribution is 6.33. The van der Waals surface area contributed by atoms with Gasteiger partial charge < -0.3 is 0 Å². The summed E-state index contributed by atoms with van der Waals surface area (Å²) in [5.74, 6) is 0. The Morgan fingerprint density at radius 1 is 0.278 bits per heavy atom. The predicted molar refractivity (Wildman–Crippen MR) is 155 cm³/mol. The molecule has 1 aliphatic carbocycles. The molecule has 0 atom stereocenters. The van der Waals surface area contributed by atoms with Gasteiger partial charge in [0.25, 0.3) is 0 Å². The highest BCUT2D eigenvalue weighted by Crippen LogP contribution is 2.53. The van der Waals surface area contributed by atoms with Gasteiger partial charge in [0.1, 0.15) is 0 Å². The lowest BCUT2D eigenvalue weighted by Crippen LogP contribution is -1.88. The number of hydrogen-bond acceptors (Lipinski definition) is 0. The van der Waals surface area contributed by atoms with Crippen LogP contribution in [0.15, 0.2) is 121 Å². The molecule has 36 heavy (non-hydrogen) atoms. The number of rotatable bonds is 1. The minimum Gasteiger partial charge on any atom is -0.0622 e. The highest BCUT2D eigenvalue weighted by Gasteiger charge is 2.25. The number of benzene rings is 8. The van der Waals surface area contributed by atoms with E-state index >= 15 is 0 Å². The molecule has 0 heteroatoms. The van der Waals surface area contributed by atoms with E-state index in [2.05, 4.69) is 121 Å². The van der Waals surface area contributed by atoms with E-state index in [0.29, 0.717) is 0 Å². The van der Waals surface area contributed by atoms with Crippen LogP contribution in [0, 0.1) is 0 Å². The third kappa shape index (κ3) is 2.29. The van der Waals surface area contributed by atoms with Gasteiger partial charge in [0.15, 0.2) is 0 Å². The van der Waals surface area contributed by atoms with Crippen LogP contribution < -0.4 is 0 Å². The molecule has 9 rings (SSSR count). The van der Waals surface area contributed by atoms with Crippen LogP contribution >= 0.6 is 0 Å². The average molecular weight is 453 g/mol. The quantitative estimate of drug-likeness (QED) is 0.172. The molecular weight excluding hydrogens is 432 g/mol. The summed E-state index contributed by atoms with van der Waals surface area (Å²) >= 11 is 0. The van der Waals surface area contributed by atoms with Crippen LogP contribution in [-0.2, 0) is 0 Å². The SMILES string of the molecule is c1ccc(-c2ccc3cc4c5c(ccc6ccc2c3c65)-c2cc3cc5ccccc5cc3cc2-4)cc1. The Bertz CT molecular complexity index is 2180. The van der Waals surface area contributed by atoms with E-state index in [0.717, 1.165) is 0 Å². The Morgan fingerprint density at radius 3 is 1.67 bits per heavy atom. The lowest BCUT2D eigenvalue weighted by atomic mass is 9.87. The summed E-state index contributed by atoms with van der Waals surface area (Å²) in [4.78, 5) is 0. The molecule has 0 spiro atoms. The van der Waals surface area contributed by atoms with Crippen molar-refractivity contribution in [2.75, 3.05) is 0 Å². The lowest BCUT2D eigenvalue weighted by Gasteiger charge is -2.16. The van der Waals surface area contributed by atoms with E-state index in [1.54, 1.807) is 0 Å². The second kappa shape index (κ2) is 6.50. The Morgan fingerprint density at radius 2 is 0.889 bits per heavy atom. The van der Waals surface area contributed by atoms with Gasteiger partial charge in [0.2, 0.25) is 0 Å². The number of hydrogen-bond donors (Lipinski definition) is 0. The average Bonchev–Trinajstić information content (AvgIpc) is 3.24. The Kier molecular flexibility index (Phi) is 3.36. The molecule has 0 radical (unpaired) electrons. The standard InChI is InChI=1S/C36H20/c1-2-6-21(7-3-1)28-13-12-25-18-33-32-20-27-17-24-9-5-4-8-23(24)16-26(27)19-31(32)30-15-11-22-10-14-29(28)34(25)35(22)36(30)33/h1-20H. The first-order valence-electron chi connectivity index (χ1n) is 12.6. The molecule has 0 aromatic heterocycles. The smallest absolute Gasteiger partial charge is 0.00137 e. The second-order valence-corrected chi connectivity index (χ2v) is 10.1. The van der Waals surface area contributed by atoms with E-state index < -0.39 is 0 Å². The van der Waals surface area contributed by atoms with Crippen molar-refractivity contribution in [2.45, 2.75) is 0 Å². The molecule has 0 N–H and O–H groups in total. The van der Waals surface area contributed by atoms with Crippen molar-refractivity contribution < 1.29 is 0 Å². The predicted octanol–water partition coefficient (Wildman–Crippen LogP) is 10.2. The lowest BCUT2D eigenvalue weighted by molar-refractivity contribution is 1.67. The Balaban J connectivity index is 1.42. The Labute approximate surface area is 208 Å². The van der Waals surface area contributed by atoms with Gasteiger partial charge in [-0.25, -0.2) is 0 Å². The van der Waals surface area contributed by atoms with Crippen molar-refractivity contribution >= 4 is 53.9 Å². The van der Waals surface area contributed by atoms with Crippen molar-refractivity contribution in [3.8, 4) is 33.4 Å². The molecule has 8 aromatic rings. The first-order valence-corrected chi connectivity index (χ1v) is 12.6. The van der Waals surface area contributed by atoms with Gasteiger partial charge in [-0.15, -0.1) is 0 Å². The molecule has 1 aliphatic rings. The molecule has 0 bridgehead atoms. The molecular formula is C36H20. The van der Waals surface area contributed by atoms with Crippen LogP contribution in [0.3, 0.4) is 0 Å². The fraction of sp³-hybridized carbons (Fsp3) is 0. The van der Waals surface area contributed by atoms with Gasteiger partial charge in [-0.2, -0.15) is 0 Å². The molecule has 0 amide bonds. The van der Waals surface area contributed by atoms with Crippen molar-refractivity contribution in [1.82, 2.24) is 0 Å². The molecule has 0 heterocycles. The zero-order valence-corrected chi connectivity index (χ0v) is 19.5. The van der Waals surface area contributed by atoms with E-state index in [4.69, 9.17) is 0 Å². The van der Waals surface area contributed by atoms with Crippen molar-refractivity contribution in [3.63, 3.8) is 0 Å². The van der Waals surface area contributed by atoms with Crippen LogP contribution in [-0.4, -0.2) is 0 Å². The van der Waals surface area contributed by atoms with Crippen LogP contribution in [0.4, 0.5) is 0 Å². The van der Waals surface area contributed by atoms with Crippen LogP contribution in [0.5, 0.6) is 0 Å². The topological polar surface area (TPSA) is 0 Å². The minimum atomic E-state index is 1.27. The Hall–Kier alpha value is -4.68. The molecule has 0 nitrogen and oxygen atoms in total. The monoisotopic (exact) mass is 452 g/mol. The van der Waals surface area contributed by atoms with Crippen molar-refractivity contribution in [1.29, 1.82) is 0 Å². The van der Waals surface area contributed by atoms with E-state index in [1.165, 1.54) is 87.2 Å². The third-order valence-electron chi connectivity index (χ3n) is 8.27. The molecule has 0 saturated heterocycles. The number of fused-ring (bicyclic) bond motifs is 5. The largest absolute Gasteiger partial charge is 0.0622 e. The molecule has 0 saturated carbocycles. The second-order valence-electron chi connectivity index (χ2n) is 10.1. The molecule has 0 aliphatic heterocycles. The minimum absolute atomic E-state index is 1.27. The summed E-state index contributed by atoms with van der Waals surface area (Å²) in [5.41, 5.74) is 8.02. The molecule has 164 valence electrons. The maximum Gasteiger partial charge on any atom is -0.00137 e. The molecule has 0 fully saturated rings. The van der Waals surface area contributed by atoms with E-state index in [-0.39, 0.29) is 0 Å².